The van der Waals surface area contributed by atoms with Crippen molar-refractivity contribution in [2.24, 2.45) is 0 Å². The molecule has 6 nitrogen and oxygen atoms in total. The summed E-state index contributed by atoms with van der Waals surface area (Å²) in [6, 6.07) is 3.64. The Bertz CT molecular complexity index is 613. The van der Waals surface area contributed by atoms with Crippen LogP contribution in [0.3, 0.4) is 0 Å². The van der Waals surface area contributed by atoms with Crippen LogP contribution in [0.25, 0.3) is 5.65 Å². The molecule has 19 heavy (non-hydrogen) atoms. The van der Waals surface area contributed by atoms with Crippen LogP contribution in [0, 0.1) is 6.92 Å². The number of piperazine rings is 1. The van der Waals surface area contributed by atoms with Crippen LogP contribution in [-0.4, -0.2) is 63.5 Å². The molecule has 0 saturated carbocycles. The van der Waals surface area contributed by atoms with Gasteiger partial charge in [0.2, 0.25) is 0 Å². The standard InChI is InChI=1S/C13H17N5O/c1-10-14-15-12-9-11(3-4-18(10)12)13(19)17-7-5-16(2)6-8-17/h3-4,9H,5-8H2,1-2H3. The molecule has 1 saturated heterocycles. The Morgan fingerprint density at radius 1 is 1.21 bits per heavy atom. The molecular formula is C13H17N5O. The minimum atomic E-state index is 0.0799. The molecule has 1 aliphatic rings. The smallest absolute Gasteiger partial charge is 0.254 e. The van der Waals surface area contributed by atoms with Crippen LogP contribution in [-0.2, 0) is 0 Å². The number of rotatable bonds is 1. The van der Waals surface area contributed by atoms with Gasteiger partial charge in [0.05, 0.1) is 0 Å². The van der Waals surface area contributed by atoms with Crippen molar-refractivity contribution >= 4 is 11.6 Å². The van der Waals surface area contributed by atoms with Gasteiger partial charge in [-0.2, -0.15) is 0 Å². The average molecular weight is 259 g/mol. The van der Waals surface area contributed by atoms with Crippen molar-refractivity contribution in [3.63, 3.8) is 0 Å². The zero-order valence-corrected chi connectivity index (χ0v) is 11.2. The lowest BCUT2D eigenvalue weighted by Gasteiger charge is -2.32. The first kappa shape index (κ1) is 12.1. The lowest BCUT2D eigenvalue weighted by molar-refractivity contribution is 0.0664. The summed E-state index contributed by atoms with van der Waals surface area (Å²) in [6.07, 6.45) is 1.86. The quantitative estimate of drug-likeness (QED) is 0.745. The fourth-order valence-electron chi connectivity index (χ4n) is 2.34. The molecule has 0 spiro atoms. The van der Waals surface area contributed by atoms with E-state index in [0.717, 1.165) is 37.7 Å². The zero-order chi connectivity index (χ0) is 13.4. The number of carbonyl (C=O) groups excluding carboxylic acids is 1. The van der Waals surface area contributed by atoms with E-state index in [0.29, 0.717) is 5.56 Å². The van der Waals surface area contributed by atoms with Gasteiger partial charge in [0, 0.05) is 37.9 Å². The minimum Gasteiger partial charge on any atom is -0.336 e. The molecule has 0 N–H and O–H groups in total. The molecule has 0 aliphatic carbocycles. The summed E-state index contributed by atoms with van der Waals surface area (Å²) in [6.45, 7) is 5.32. The molecule has 3 rings (SSSR count). The number of nitrogens with zero attached hydrogens (tertiary/aromatic N) is 5. The maximum atomic E-state index is 12.4. The Balaban J connectivity index is 1.85. The second-order valence-corrected chi connectivity index (χ2v) is 4.99. The first-order valence-corrected chi connectivity index (χ1v) is 6.44. The number of fused-ring (bicyclic) bond motifs is 1. The fourth-order valence-corrected chi connectivity index (χ4v) is 2.34. The average Bonchev–Trinajstić information content (AvgIpc) is 2.80. The number of likely N-dealkylation sites (N-methyl/N-ethyl adjacent to an activating group) is 1. The van der Waals surface area contributed by atoms with Gasteiger partial charge in [-0.15, -0.1) is 10.2 Å². The lowest BCUT2D eigenvalue weighted by Crippen LogP contribution is -2.47. The number of hydrogen-bond acceptors (Lipinski definition) is 4. The predicted octanol–water partition coefficient (Wildman–Crippen LogP) is 0.425. The van der Waals surface area contributed by atoms with Crippen LogP contribution < -0.4 is 0 Å². The highest BCUT2D eigenvalue weighted by molar-refractivity contribution is 5.95. The lowest BCUT2D eigenvalue weighted by atomic mass is 10.2. The highest BCUT2D eigenvalue weighted by Gasteiger charge is 2.20. The molecular weight excluding hydrogens is 242 g/mol. The summed E-state index contributed by atoms with van der Waals surface area (Å²) in [5.41, 5.74) is 1.40. The maximum absolute atomic E-state index is 12.4. The minimum absolute atomic E-state index is 0.0799. The molecule has 100 valence electrons. The molecule has 1 fully saturated rings. The van der Waals surface area contributed by atoms with Gasteiger partial charge in [-0.3, -0.25) is 9.20 Å². The van der Waals surface area contributed by atoms with Gasteiger partial charge in [-0.25, -0.2) is 0 Å². The van der Waals surface area contributed by atoms with E-state index >= 15 is 0 Å². The number of hydrogen-bond donors (Lipinski definition) is 0. The highest BCUT2D eigenvalue weighted by atomic mass is 16.2. The van der Waals surface area contributed by atoms with Crippen molar-refractivity contribution in [3.8, 4) is 0 Å². The molecule has 0 bridgehead atoms. The summed E-state index contributed by atoms with van der Waals surface area (Å²) in [7, 11) is 2.08. The van der Waals surface area contributed by atoms with Crippen molar-refractivity contribution in [2.75, 3.05) is 33.2 Å². The van der Waals surface area contributed by atoms with Crippen LogP contribution in [0.2, 0.25) is 0 Å². The number of aromatic nitrogens is 3. The Kier molecular flexibility index (Phi) is 2.94. The Labute approximate surface area is 111 Å². The second-order valence-electron chi connectivity index (χ2n) is 4.99. The monoisotopic (exact) mass is 259 g/mol. The number of pyridine rings is 1. The van der Waals surface area contributed by atoms with Crippen molar-refractivity contribution in [1.82, 2.24) is 24.4 Å². The van der Waals surface area contributed by atoms with E-state index < -0.39 is 0 Å². The van der Waals surface area contributed by atoms with Gasteiger partial charge in [0.1, 0.15) is 5.82 Å². The molecule has 2 aromatic heterocycles. The third-order valence-electron chi connectivity index (χ3n) is 3.62. The highest BCUT2D eigenvalue weighted by Crippen LogP contribution is 2.11. The van der Waals surface area contributed by atoms with E-state index in [1.807, 2.05) is 28.5 Å². The summed E-state index contributed by atoms with van der Waals surface area (Å²) in [4.78, 5) is 16.5. The van der Waals surface area contributed by atoms with Gasteiger partial charge >= 0.3 is 0 Å². The Hall–Kier alpha value is -1.95. The third-order valence-corrected chi connectivity index (χ3v) is 3.62. The van der Waals surface area contributed by atoms with Crippen molar-refractivity contribution in [1.29, 1.82) is 0 Å². The molecule has 0 aromatic carbocycles. The van der Waals surface area contributed by atoms with Crippen molar-refractivity contribution in [2.45, 2.75) is 6.92 Å². The van der Waals surface area contributed by atoms with E-state index in [-0.39, 0.29) is 5.91 Å². The van der Waals surface area contributed by atoms with Gasteiger partial charge in [-0.1, -0.05) is 0 Å². The van der Waals surface area contributed by atoms with Crippen LogP contribution in [0.4, 0.5) is 0 Å². The summed E-state index contributed by atoms with van der Waals surface area (Å²) in [5.74, 6) is 0.907. The summed E-state index contributed by atoms with van der Waals surface area (Å²) < 4.78 is 1.88. The SMILES string of the molecule is Cc1nnc2cc(C(=O)N3CCN(C)CC3)ccn12. The normalized spacial score (nSPS) is 17.1. The first-order valence-electron chi connectivity index (χ1n) is 6.44. The molecule has 1 amide bonds. The maximum Gasteiger partial charge on any atom is 0.254 e. The van der Waals surface area contributed by atoms with Crippen LogP contribution in [0.15, 0.2) is 18.3 Å². The van der Waals surface area contributed by atoms with Gasteiger partial charge in [0.15, 0.2) is 5.65 Å². The topological polar surface area (TPSA) is 53.7 Å². The van der Waals surface area contributed by atoms with E-state index in [2.05, 4.69) is 22.1 Å². The number of aryl methyl sites for hydroxylation is 1. The second kappa shape index (κ2) is 4.62. The summed E-state index contributed by atoms with van der Waals surface area (Å²) >= 11 is 0. The molecule has 0 atom stereocenters. The van der Waals surface area contributed by atoms with Crippen LogP contribution >= 0.6 is 0 Å². The van der Waals surface area contributed by atoms with Crippen LogP contribution in [0.5, 0.6) is 0 Å². The molecule has 0 radical (unpaired) electrons. The fraction of sp³-hybridized carbons (Fsp3) is 0.462. The Morgan fingerprint density at radius 3 is 2.68 bits per heavy atom. The van der Waals surface area contributed by atoms with E-state index in [1.54, 1.807) is 6.07 Å². The number of carbonyl (C=O) groups is 1. The number of amides is 1. The largest absolute Gasteiger partial charge is 0.336 e. The van der Waals surface area contributed by atoms with E-state index in [4.69, 9.17) is 0 Å². The van der Waals surface area contributed by atoms with E-state index in [1.165, 1.54) is 0 Å². The molecule has 6 heteroatoms. The molecule has 3 heterocycles. The van der Waals surface area contributed by atoms with E-state index in [9.17, 15) is 4.79 Å². The first-order chi connectivity index (χ1) is 9.15. The van der Waals surface area contributed by atoms with Gasteiger partial charge in [-0.05, 0) is 26.1 Å². The predicted molar refractivity (Wildman–Crippen MR) is 71.1 cm³/mol. The van der Waals surface area contributed by atoms with Gasteiger partial charge < -0.3 is 9.80 Å². The zero-order valence-electron chi connectivity index (χ0n) is 11.2. The molecule has 0 unspecified atom stereocenters. The van der Waals surface area contributed by atoms with Crippen LogP contribution in [0.1, 0.15) is 16.2 Å². The third kappa shape index (κ3) is 2.19. The van der Waals surface area contributed by atoms with Gasteiger partial charge in [0.25, 0.3) is 5.91 Å². The molecule has 2 aromatic rings. The van der Waals surface area contributed by atoms with Crippen molar-refractivity contribution < 1.29 is 4.79 Å². The Morgan fingerprint density at radius 2 is 1.95 bits per heavy atom. The van der Waals surface area contributed by atoms with Crippen molar-refractivity contribution in [3.05, 3.63) is 29.7 Å². The summed E-state index contributed by atoms with van der Waals surface area (Å²) in [5, 5.41) is 8.05. The molecule has 1 aliphatic heterocycles.